The number of nitrogens with zero attached hydrogens (tertiary/aromatic N) is 1. The van der Waals surface area contributed by atoms with Gasteiger partial charge in [-0.15, -0.1) is 0 Å². The number of para-hydroxylation sites is 1. The standard InChI is InChI=1S/C20H25ClN2O4S/c1-3-23(28(2,25)26)14-8-13-22-20(24)17-10-5-7-12-19(17)27-15-16-9-4-6-11-18(16)21/h4-7,9-12H,3,8,13-15H2,1-2H3,(H,22,24). The number of carbonyl (C=O) groups excluding carboxylic acids is 1. The zero-order chi connectivity index (χ0) is 20.6. The Morgan fingerprint density at radius 1 is 1.14 bits per heavy atom. The van der Waals surface area contributed by atoms with Crippen molar-refractivity contribution in [1.82, 2.24) is 9.62 Å². The Kier molecular flexibility index (Phi) is 8.29. The number of rotatable bonds is 10. The first-order chi connectivity index (χ1) is 13.3. The van der Waals surface area contributed by atoms with Gasteiger partial charge in [-0.25, -0.2) is 12.7 Å². The molecular formula is C20H25ClN2O4S. The lowest BCUT2D eigenvalue weighted by molar-refractivity contribution is 0.0948. The number of carbonyl (C=O) groups is 1. The van der Waals surface area contributed by atoms with Gasteiger partial charge in [-0.05, 0) is 24.6 Å². The third kappa shape index (κ3) is 6.51. The second-order valence-electron chi connectivity index (χ2n) is 6.24. The summed E-state index contributed by atoms with van der Waals surface area (Å²) in [6.45, 7) is 3.17. The van der Waals surface area contributed by atoms with E-state index in [1.54, 1.807) is 37.3 Å². The average molecular weight is 425 g/mol. The van der Waals surface area contributed by atoms with Crippen LogP contribution in [0.25, 0.3) is 0 Å². The zero-order valence-electron chi connectivity index (χ0n) is 16.0. The van der Waals surface area contributed by atoms with Crippen LogP contribution in [-0.2, 0) is 16.6 Å². The van der Waals surface area contributed by atoms with Gasteiger partial charge in [0.1, 0.15) is 12.4 Å². The molecule has 0 saturated carbocycles. The van der Waals surface area contributed by atoms with Crippen LogP contribution in [0.4, 0.5) is 0 Å². The Morgan fingerprint density at radius 3 is 2.50 bits per heavy atom. The van der Waals surface area contributed by atoms with Crippen molar-refractivity contribution >= 4 is 27.5 Å². The van der Waals surface area contributed by atoms with E-state index in [4.69, 9.17) is 16.3 Å². The maximum absolute atomic E-state index is 12.5. The molecule has 0 unspecified atom stereocenters. The van der Waals surface area contributed by atoms with Gasteiger partial charge in [-0.1, -0.05) is 48.9 Å². The Balaban J connectivity index is 1.92. The molecule has 0 radical (unpaired) electrons. The van der Waals surface area contributed by atoms with Crippen LogP contribution in [0.15, 0.2) is 48.5 Å². The van der Waals surface area contributed by atoms with Gasteiger partial charge in [-0.3, -0.25) is 4.79 Å². The maximum atomic E-state index is 12.5. The molecule has 2 rings (SSSR count). The summed E-state index contributed by atoms with van der Waals surface area (Å²) in [6.07, 6.45) is 1.71. The molecule has 1 N–H and O–H groups in total. The van der Waals surface area contributed by atoms with Crippen LogP contribution in [0.3, 0.4) is 0 Å². The molecule has 2 aromatic rings. The van der Waals surface area contributed by atoms with Crippen molar-refractivity contribution in [3.05, 3.63) is 64.7 Å². The van der Waals surface area contributed by atoms with Gasteiger partial charge in [0.15, 0.2) is 0 Å². The minimum atomic E-state index is -3.22. The Hall–Kier alpha value is -2.09. The van der Waals surface area contributed by atoms with Gasteiger partial charge in [-0.2, -0.15) is 0 Å². The van der Waals surface area contributed by atoms with E-state index < -0.39 is 10.0 Å². The van der Waals surface area contributed by atoms with Crippen LogP contribution in [0.5, 0.6) is 5.75 Å². The second-order valence-corrected chi connectivity index (χ2v) is 8.63. The van der Waals surface area contributed by atoms with E-state index in [-0.39, 0.29) is 12.5 Å². The number of ether oxygens (including phenoxy) is 1. The summed E-state index contributed by atoms with van der Waals surface area (Å²) in [6, 6.07) is 14.3. The molecule has 0 saturated heterocycles. The fraction of sp³-hybridized carbons (Fsp3) is 0.350. The van der Waals surface area contributed by atoms with Crippen LogP contribution in [0.2, 0.25) is 5.02 Å². The van der Waals surface area contributed by atoms with Gasteiger partial charge in [0, 0.05) is 30.2 Å². The SMILES string of the molecule is CCN(CCCNC(=O)c1ccccc1OCc1ccccc1Cl)S(C)(=O)=O. The zero-order valence-corrected chi connectivity index (χ0v) is 17.6. The van der Waals surface area contributed by atoms with E-state index in [1.807, 2.05) is 18.2 Å². The molecular weight excluding hydrogens is 400 g/mol. The van der Waals surface area contributed by atoms with E-state index >= 15 is 0 Å². The van der Waals surface area contributed by atoms with Crippen molar-refractivity contribution in [2.75, 3.05) is 25.9 Å². The molecule has 0 aliphatic carbocycles. The van der Waals surface area contributed by atoms with Crippen LogP contribution in [0.1, 0.15) is 29.3 Å². The molecule has 6 nitrogen and oxygen atoms in total. The lowest BCUT2D eigenvalue weighted by Gasteiger charge is -2.17. The molecule has 1 amide bonds. The largest absolute Gasteiger partial charge is 0.488 e. The Morgan fingerprint density at radius 2 is 1.82 bits per heavy atom. The number of hydrogen-bond acceptors (Lipinski definition) is 4. The first-order valence-electron chi connectivity index (χ1n) is 9.01. The summed E-state index contributed by atoms with van der Waals surface area (Å²) in [4.78, 5) is 12.5. The molecule has 0 fully saturated rings. The van der Waals surface area contributed by atoms with E-state index in [2.05, 4.69) is 5.32 Å². The highest BCUT2D eigenvalue weighted by Gasteiger charge is 2.15. The topological polar surface area (TPSA) is 75.7 Å². The Bertz CT molecular complexity index is 903. The van der Waals surface area contributed by atoms with Crippen molar-refractivity contribution in [1.29, 1.82) is 0 Å². The summed E-state index contributed by atoms with van der Waals surface area (Å²) in [7, 11) is -3.22. The molecule has 8 heteroatoms. The molecule has 28 heavy (non-hydrogen) atoms. The lowest BCUT2D eigenvalue weighted by atomic mass is 10.2. The summed E-state index contributed by atoms with van der Waals surface area (Å²) in [5, 5.41) is 3.42. The fourth-order valence-corrected chi connectivity index (χ4v) is 3.78. The summed E-state index contributed by atoms with van der Waals surface area (Å²) < 4.78 is 30.3. The van der Waals surface area contributed by atoms with Gasteiger partial charge >= 0.3 is 0 Å². The minimum absolute atomic E-state index is 0.254. The second kappa shape index (κ2) is 10.5. The molecule has 0 heterocycles. The highest BCUT2D eigenvalue weighted by molar-refractivity contribution is 7.88. The van der Waals surface area contributed by atoms with Crippen molar-refractivity contribution in [3.8, 4) is 5.75 Å². The predicted octanol–water partition coefficient (Wildman–Crippen LogP) is 3.32. The minimum Gasteiger partial charge on any atom is -0.488 e. The number of amides is 1. The van der Waals surface area contributed by atoms with E-state index in [0.717, 1.165) is 5.56 Å². The number of halogens is 1. The molecule has 0 atom stereocenters. The highest BCUT2D eigenvalue weighted by Crippen LogP contribution is 2.22. The van der Waals surface area contributed by atoms with Crippen LogP contribution in [0, 0.1) is 0 Å². The first-order valence-corrected chi connectivity index (χ1v) is 11.2. The molecule has 0 aliphatic rings. The average Bonchev–Trinajstić information content (AvgIpc) is 2.66. The summed E-state index contributed by atoms with van der Waals surface area (Å²) in [5.41, 5.74) is 1.25. The quantitative estimate of drug-likeness (QED) is 0.593. The van der Waals surface area contributed by atoms with Crippen molar-refractivity contribution in [3.63, 3.8) is 0 Å². The number of benzene rings is 2. The van der Waals surface area contributed by atoms with Crippen LogP contribution in [-0.4, -0.2) is 44.5 Å². The predicted molar refractivity (Wildman–Crippen MR) is 111 cm³/mol. The van der Waals surface area contributed by atoms with E-state index in [0.29, 0.717) is 42.4 Å². The number of nitrogens with one attached hydrogen (secondary N) is 1. The van der Waals surface area contributed by atoms with Gasteiger partial charge in [0.05, 0.1) is 11.8 Å². The summed E-state index contributed by atoms with van der Waals surface area (Å²) in [5.74, 6) is 0.198. The van der Waals surface area contributed by atoms with Gasteiger partial charge in [0.2, 0.25) is 10.0 Å². The molecule has 0 spiro atoms. The fourth-order valence-electron chi connectivity index (χ4n) is 2.66. The summed E-state index contributed by atoms with van der Waals surface area (Å²) >= 11 is 6.14. The smallest absolute Gasteiger partial charge is 0.255 e. The molecule has 0 aromatic heterocycles. The van der Waals surface area contributed by atoms with Crippen molar-refractivity contribution in [2.24, 2.45) is 0 Å². The van der Waals surface area contributed by atoms with E-state index in [1.165, 1.54) is 10.6 Å². The molecule has 0 bridgehead atoms. The molecule has 152 valence electrons. The maximum Gasteiger partial charge on any atom is 0.255 e. The van der Waals surface area contributed by atoms with Gasteiger partial charge < -0.3 is 10.1 Å². The molecule has 0 aliphatic heterocycles. The van der Waals surface area contributed by atoms with Gasteiger partial charge in [0.25, 0.3) is 5.91 Å². The van der Waals surface area contributed by atoms with Crippen molar-refractivity contribution in [2.45, 2.75) is 20.0 Å². The monoisotopic (exact) mass is 424 g/mol. The highest BCUT2D eigenvalue weighted by atomic mass is 35.5. The Labute approximate surface area is 171 Å². The molecule has 2 aromatic carbocycles. The third-order valence-corrected chi connectivity index (χ3v) is 5.91. The normalized spacial score (nSPS) is 11.4. The number of hydrogen-bond donors (Lipinski definition) is 1. The number of sulfonamides is 1. The third-order valence-electron chi connectivity index (χ3n) is 4.16. The lowest BCUT2D eigenvalue weighted by Crippen LogP contribution is -2.33. The van der Waals surface area contributed by atoms with Crippen LogP contribution >= 0.6 is 11.6 Å². The first kappa shape index (κ1) is 22.2. The van der Waals surface area contributed by atoms with E-state index in [9.17, 15) is 13.2 Å². The van der Waals surface area contributed by atoms with Crippen LogP contribution < -0.4 is 10.1 Å². The van der Waals surface area contributed by atoms with Crippen molar-refractivity contribution < 1.29 is 17.9 Å².